The van der Waals surface area contributed by atoms with Crippen molar-refractivity contribution < 1.29 is 34.0 Å². The highest BCUT2D eigenvalue weighted by Crippen LogP contribution is 2.17. The number of aliphatic hydroxyl groups excluding tert-OH is 2. The van der Waals surface area contributed by atoms with Crippen LogP contribution in [0.3, 0.4) is 0 Å². The molecule has 1 heterocycles. The lowest BCUT2D eigenvalue weighted by atomic mass is 10.1. The summed E-state index contributed by atoms with van der Waals surface area (Å²) >= 11 is 0. The molecule has 1 unspecified atom stereocenters. The van der Waals surface area contributed by atoms with Gasteiger partial charge in [-0.1, -0.05) is 0 Å². The third kappa shape index (κ3) is 3.95. The molecule has 1 atom stereocenters. The molecule has 0 fully saturated rings. The summed E-state index contributed by atoms with van der Waals surface area (Å²) in [6, 6.07) is 0. The van der Waals surface area contributed by atoms with E-state index in [0.717, 1.165) is 13.3 Å². The van der Waals surface area contributed by atoms with Gasteiger partial charge in [-0.2, -0.15) is 0 Å². The molecule has 0 aliphatic carbocycles. The highest BCUT2D eigenvalue weighted by atomic mass is 16.5. The standard InChI is InChI=1S/C14H19NO8/c1-21-8(6-16)4-15-5-9(10(18)7-17)12(19)13(22-2)11(15)14(20)23-3/h5,8,16-17H,4,6-7H2,1-3H3. The van der Waals surface area contributed by atoms with Crippen molar-refractivity contribution in [2.75, 3.05) is 34.5 Å². The van der Waals surface area contributed by atoms with Crippen LogP contribution in [0.2, 0.25) is 0 Å². The second-order valence-corrected chi connectivity index (χ2v) is 4.52. The predicted octanol–water partition coefficient (Wildman–Crippen LogP) is -1.17. The Hall–Kier alpha value is -2.23. The van der Waals surface area contributed by atoms with E-state index in [1.165, 1.54) is 18.8 Å². The first-order valence-electron chi connectivity index (χ1n) is 6.62. The van der Waals surface area contributed by atoms with Gasteiger partial charge in [-0.25, -0.2) is 4.79 Å². The molecule has 128 valence electrons. The fourth-order valence-corrected chi connectivity index (χ4v) is 1.99. The zero-order chi connectivity index (χ0) is 17.6. The monoisotopic (exact) mass is 329 g/mol. The van der Waals surface area contributed by atoms with Crippen molar-refractivity contribution in [3.8, 4) is 5.75 Å². The van der Waals surface area contributed by atoms with Crippen molar-refractivity contribution in [1.82, 2.24) is 4.57 Å². The molecule has 9 heteroatoms. The number of rotatable bonds is 8. The van der Waals surface area contributed by atoms with Crippen LogP contribution in [0.1, 0.15) is 20.8 Å². The molecule has 1 aromatic rings. The number of nitrogens with zero attached hydrogens (tertiary/aromatic N) is 1. The maximum Gasteiger partial charge on any atom is 0.358 e. The number of hydrogen-bond acceptors (Lipinski definition) is 8. The van der Waals surface area contributed by atoms with Crippen molar-refractivity contribution in [3.63, 3.8) is 0 Å². The Kier molecular flexibility index (Phi) is 6.89. The molecule has 1 aromatic heterocycles. The van der Waals surface area contributed by atoms with Gasteiger partial charge in [-0.15, -0.1) is 0 Å². The molecule has 0 aliphatic rings. The number of esters is 1. The van der Waals surface area contributed by atoms with Gasteiger partial charge in [0, 0.05) is 13.3 Å². The van der Waals surface area contributed by atoms with E-state index in [2.05, 4.69) is 4.74 Å². The number of carbonyl (C=O) groups is 2. The molecule has 0 aliphatic heterocycles. The van der Waals surface area contributed by atoms with Crippen LogP contribution in [0, 0.1) is 0 Å². The van der Waals surface area contributed by atoms with Gasteiger partial charge in [-0.05, 0) is 0 Å². The smallest absolute Gasteiger partial charge is 0.358 e. The third-order valence-electron chi connectivity index (χ3n) is 3.20. The number of aliphatic hydroxyl groups is 2. The van der Waals surface area contributed by atoms with Crippen LogP contribution in [0.25, 0.3) is 0 Å². The van der Waals surface area contributed by atoms with Crippen LogP contribution in [0.15, 0.2) is 11.0 Å². The van der Waals surface area contributed by atoms with E-state index >= 15 is 0 Å². The Morgan fingerprint density at radius 2 is 1.91 bits per heavy atom. The molecule has 23 heavy (non-hydrogen) atoms. The number of aromatic nitrogens is 1. The lowest BCUT2D eigenvalue weighted by Crippen LogP contribution is -2.31. The number of methoxy groups -OCH3 is 3. The highest BCUT2D eigenvalue weighted by Gasteiger charge is 2.26. The maximum absolute atomic E-state index is 12.3. The van der Waals surface area contributed by atoms with Crippen LogP contribution >= 0.6 is 0 Å². The quantitative estimate of drug-likeness (QED) is 0.451. The largest absolute Gasteiger partial charge is 0.491 e. The average Bonchev–Trinajstić information content (AvgIpc) is 2.58. The van der Waals surface area contributed by atoms with Crippen LogP contribution in [-0.2, 0) is 16.0 Å². The van der Waals surface area contributed by atoms with Crippen molar-refractivity contribution in [2.45, 2.75) is 12.6 Å². The lowest BCUT2D eigenvalue weighted by molar-refractivity contribution is 0.0346. The summed E-state index contributed by atoms with van der Waals surface area (Å²) in [5, 5.41) is 18.2. The fourth-order valence-electron chi connectivity index (χ4n) is 1.99. The Labute approximate surface area is 132 Å². The van der Waals surface area contributed by atoms with E-state index in [-0.39, 0.29) is 30.2 Å². The van der Waals surface area contributed by atoms with Gasteiger partial charge in [0.15, 0.2) is 17.2 Å². The maximum atomic E-state index is 12.3. The third-order valence-corrected chi connectivity index (χ3v) is 3.20. The molecule has 1 rings (SSSR count). The number of carbonyl (C=O) groups excluding carboxylic acids is 2. The van der Waals surface area contributed by atoms with E-state index in [9.17, 15) is 19.5 Å². The van der Waals surface area contributed by atoms with E-state index in [4.69, 9.17) is 14.6 Å². The van der Waals surface area contributed by atoms with Crippen molar-refractivity contribution in [1.29, 1.82) is 0 Å². The zero-order valence-corrected chi connectivity index (χ0v) is 13.1. The number of pyridine rings is 1. The molecule has 0 aromatic carbocycles. The van der Waals surface area contributed by atoms with Gasteiger partial charge in [0.05, 0.1) is 39.0 Å². The first-order valence-corrected chi connectivity index (χ1v) is 6.62. The fraction of sp³-hybridized carbons (Fsp3) is 0.500. The van der Waals surface area contributed by atoms with Crippen molar-refractivity contribution in [3.05, 3.63) is 27.7 Å². The summed E-state index contributed by atoms with van der Waals surface area (Å²) in [6.07, 6.45) is 0.417. The second-order valence-electron chi connectivity index (χ2n) is 4.52. The number of Topliss-reactive ketones (excluding diaryl/α,β-unsaturated/α-hetero) is 1. The Morgan fingerprint density at radius 1 is 1.26 bits per heavy atom. The van der Waals surface area contributed by atoms with Gasteiger partial charge < -0.3 is 29.0 Å². The lowest BCUT2D eigenvalue weighted by Gasteiger charge is -2.20. The number of ketones is 1. The van der Waals surface area contributed by atoms with Gasteiger partial charge in [0.1, 0.15) is 6.61 Å². The minimum atomic E-state index is -0.871. The molecule has 9 nitrogen and oxygen atoms in total. The van der Waals surface area contributed by atoms with Gasteiger partial charge in [0.2, 0.25) is 5.43 Å². The molecule has 0 saturated carbocycles. The molecule has 0 spiro atoms. The van der Waals surface area contributed by atoms with Crippen LogP contribution < -0.4 is 10.2 Å². The first-order chi connectivity index (χ1) is 10.9. The van der Waals surface area contributed by atoms with E-state index < -0.39 is 29.9 Å². The molecule has 2 N–H and O–H groups in total. The van der Waals surface area contributed by atoms with Gasteiger partial charge in [-0.3, -0.25) is 9.59 Å². The van der Waals surface area contributed by atoms with Crippen LogP contribution in [-0.4, -0.2) is 67.2 Å². The zero-order valence-electron chi connectivity index (χ0n) is 13.1. The molecular weight excluding hydrogens is 310 g/mol. The van der Waals surface area contributed by atoms with Crippen LogP contribution in [0.4, 0.5) is 0 Å². The first kappa shape index (κ1) is 18.8. The molecule has 0 amide bonds. The van der Waals surface area contributed by atoms with E-state index in [0.29, 0.717) is 0 Å². The summed E-state index contributed by atoms with van der Waals surface area (Å²) in [5.41, 5.74) is -1.39. The summed E-state index contributed by atoms with van der Waals surface area (Å²) in [7, 11) is 3.65. The Bertz CT molecular complexity index is 632. The van der Waals surface area contributed by atoms with Gasteiger partial charge in [0.25, 0.3) is 0 Å². The highest BCUT2D eigenvalue weighted by molar-refractivity contribution is 5.98. The summed E-state index contributed by atoms with van der Waals surface area (Å²) in [4.78, 5) is 35.9. The minimum absolute atomic E-state index is 0.0419. The van der Waals surface area contributed by atoms with Crippen LogP contribution in [0.5, 0.6) is 5.75 Å². The minimum Gasteiger partial charge on any atom is -0.491 e. The molecular formula is C14H19NO8. The Balaban J connectivity index is 3.64. The second kappa shape index (κ2) is 8.42. The van der Waals surface area contributed by atoms with E-state index in [1.54, 1.807) is 0 Å². The molecule has 0 saturated heterocycles. The van der Waals surface area contributed by atoms with E-state index in [1.807, 2.05) is 0 Å². The van der Waals surface area contributed by atoms with Gasteiger partial charge >= 0.3 is 5.97 Å². The SMILES string of the molecule is COC(=O)c1c(OC)c(=O)c(C(=O)CO)cn1CC(CO)OC. The Morgan fingerprint density at radius 3 is 2.35 bits per heavy atom. The topological polar surface area (TPSA) is 124 Å². The molecule has 0 radical (unpaired) electrons. The molecule has 0 bridgehead atoms. The predicted molar refractivity (Wildman–Crippen MR) is 77.9 cm³/mol. The van der Waals surface area contributed by atoms with Crippen molar-refractivity contribution in [2.24, 2.45) is 0 Å². The average molecular weight is 329 g/mol. The van der Waals surface area contributed by atoms with Crippen molar-refractivity contribution >= 4 is 11.8 Å². The number of ether oxygens (including phenoxy) is 3. The summed E-state index contributed by atoms with van der Waals surface area (Å²) < 4.78 is 15.8. The number of hydrogen-bond donors (Lipinski definition) is 2. The summed E-state index contributed by atoms with van der Waals surface area (Å²) in [6.45, 7) is -1.27. The normalized spacial score (nSPS) is 11.9. The summed E-state index contributed by atoms with van der Waals surface area (Å²) in [5.74, 6) is -2.06.